The molecule has 2 N–H and O–H groups in total. The Kier molecular flexibility index (Phi) is 33.1. The number of carbonyl (C=O) groups is 1. The van der Waals surface area contributed by atoms with Crippen LogP contribution in [0.4, 0.5) is 0 Å². The Morgan fingerprint density at radius 1 is 1.05 bits per heavy atom. The molecule has 0 bridgehead atoms. The molecule has 0 aromatic carbocycles. The molecule has 0 aromatic heterocycles. The molecule has 7 heteroatoms. The number of nitrogens with zero attached hydrogens (tertiary/aromatic N) is 3. The first-order chi connectivity index (χ1) is 20.0. The van der Waals surface area contributed by atoms with Gasteiger partial charge < -0.3 is 29.9 Å². The molecule has 0 aliphatic carbocycles. The second-order valence-electron chi connectivity index (χ2n) is 11.5. The van der Waals surface area contributed by atoms with Gasteiger partial charge in [-0.05, 0) is 105 Å². The molecule has 0 aromatic rings. The number of hydrogen-bond donors (Lipinski definition) is 2. The van der Waals surface area contributed by atoms with Crippen LogP contribution in [0.3, 0.4) is 0 Å². The quantitative estimate of drug-likeness (QED) is 0.221. The lowest BCUT2D eigenvalue weighted by molar-refractivity contribution is -0.128. The van der Waals surface area contributed by atoms with Gasteiger partial charge in [0.1, 0.15) is 0 Å². The molecular weight excluding hydrogens is 524 g/mol. The number of rotatable bonds is 11. The van der Waals surface area contributed by atoms with Gasteiger partial charge in [0, 0.05) is 60.5 Å². The van der Waals surface area contributed by atoms with Gasteiger partial charge in [-0.3, -0.25) is 4.79 Å². The number of aliphatic hydroxyl groups excluding tert-OH is 1. The minimum atomic E-state index is 0.239. The number of methoxy groups -OCH3 is 1. The maximum atomic E-state index is 11.4. The van der Waals surface area contributed by atoms with Crippen molar-refractivity contribution in [2.75, 3.05) is 87.3 Å². The Balaban J connectivity index is -0.000000560. The molecule has 7 nitrogen and oxygen atoms in total. The van der Waals surface area contributed by atoms with Crippen LogP contribution in [-0.2, 0) is 9.53 Å². The molecule has 0 saturated carbocycles. The van der Waals surface area contributed by atoms with Crippen LogP contribution >= 0.6 is 0 Å². The van der Waals surface area contributed by atoms with Gasteiger partial charge in [-0.2, -0.15) is 0 Å². The number of amides is 1. The summed E-state index contributed by atoms with van der Waals surface area (Å²) < 4.78 is 4.54. The third-order valence-electron chi connectivity index (χ3n) is 7.54. The van der Waals surface area contributed by atoms with Gasteiger partial charge in [-0.1, -0.05) is 50.1 Å². The molecule has 1 amide bonds. The van der Waals surface area contributed by atoms with Gasteiger partial charge in [-0.15, -0.1) is 6.58 Å². The fraction of sp³-hybridized carbons (Fsp3) is 0.800. The van der Waals surface area contributed by atoms with Crippen LogP contribution in [0.15, 0.2) is 36.0 Å². The van der Waals surface area contributed by atoms with E-state index in [-0.39, 0.29) is 5.91 Å². The maximum Gasteiger partial charge on any atom is 0.219 e. The van der Waals surface area contributed by atoms with Crippen molar-refractivity contribution < 1.29 is 14.6 Å². The third kappa shape index (κ3) is 26.1. The van der Waals surface area contributed by atoms with Gasteiger partial charge in [0.05, 0.1) is 0 Å². The van der Waals surface area contributed by atoms with E-state index < -0.39 is 0 Å². The Labute approximate surface area is 262 Å². The third-order valence-corrected chi connectivity index (χ3v) is 7.54. The predicted molar refractivity (Wildman–Crippen MR) is 185 cm³/mol. The van der Waals surface area contributed by atoms with E-state index >= 15 is 0 Å². The lowest BCUT2D eigenvalue weighted by Gasteiger charge is -2.38. The van der Waals surface area contributed by atoms with Crippen LogP contribution in [0.5, 0.6) is 0 Å². The van der Waals surface area contributed by atoms with Crippen LogP contribution in [0.25, 0.3) is 0 Å². The van der Waals surface area contributed by atoms with E-state index in [4.69, 9.17) is 5.11 Å². The molecule has 2 fully saturated rings. The SMILES string of the molecule is C=CC(C)C=C(C)/C(C)=C\C.CCCN(C)C.CCN1CC(CNCC2CCCN(C(C)=O)CC2)C1.CCOC.CO. The summed E-state index contributed by atoms with van der Waals surface area (Å²) in [6, 6.07) is 0. The van der Waals surface area contributed by atoms with E-state index in [9.17, 15) is 4.79 Å². The minimum absolute atomic E-state index is 0.239. The smallest absolute Gasteiger partial charge is 0.219 e. The topological polar surface area (TPSA) is 68.3 Å². The predicted octanol–water partition coefficient (Wildman–Crippen LogP) is 6.12. The van der Waals surface area contributed by atoms with Gasteiger partial charge in [0.15, 0.2) is 0 Å². The zero-order valence-electron chi connectivity index (χ0n) is 30.0. The first-order valence-electron chi connectivity index (χ1n) is 16.2. The van der Waals surface area contributed by atoms with Crippen molar-refractivity contribution in [2.24, 2.45) is 17.8 Å². The molecule has 2 rings (SSSR count). The first kappa shape index (κ1) is 44.9. The minimum Gasteiger partial charge on any atom is -0.400 e. The van der Waals surface area contributed by atoms with Crippen molar-refractivity contribution in [1.82, 2.24) is 20.0 Å². The van der Waals surface area contributed by atoms with E-state index in [1.165, 1.54) is 69.6 Å². The number of ether oxygens (including phenoxy) is 1. The molecule has 2 saturated heterocycles. The lowest BCUT2D eigenvalue weighted by Crippen LogP contribution is -2.50. The normalized spacial score (nSPS) is 18.3. The number of nitrogens with one attached hydrogen (secondary N) is 1. The molecule has 2 heterocycles. The summed E-state index contributed by atoms with van der Waals surface area (Å²) in [7, 11) is 6.85. The fourth-order valence-electron chi connectivity index (χ4n) is 4.51. The zero-order valence-corrected chi connectivity index (χ0v) is 30.0. The largest absolute Gasteiger partial charge is 0.400 e. The summed E-state index contributed by atoms with van der Waals surface area (Å²) in [4.78, 5) is 18.0. The van der Waals surface area contributed by atoms with Crippen molar-refractivity contribution >= 4 is 5.91 Å². The fourth-order valence-corrected chi connectivity index (χ4v) is 4.51. The second-order valence-corrected chi connectivity index (χ2v) is 11.5. The average Bonchev–Trinajstić information content (AvgIpc) is 3.21. The molecule has 250 valence electrons. The highest BCUT2D eigenvalue weighted by molar-refractivity contribution is 5.73. The molecule has 0 spiro atoms. The van der Waals surface area contributed by atoms with Gasteiger partial charge in [0.25, 0.3) is 0 Å². The monoisotopic (exact) mass is 597 g/mol. The molecular formula is C35H72N4O3. The van der Waals surface area contributed by atoms with Crippen LogP contribution in [0.1, 0.15) is 81.1 Å². The van der Waals surface area contributed by atoms with Crippen molar-refractivity contribution in [3.05, 3.63) is 36.0 Å². The highest BCUT2D eigenvalue weighted by atomic mass is 16.5. The Morgan fingerprint density at radius 3 is 2.02 bits per heavy atom. The van der Waals surface area contributed by atoms with Crippen molar-refractivity contribution in [3.8, 4) is 0 Å². The molecule has 2 aliphatic rings. The Hall–Kier alpha value is -1.51. The maximum absolute atomic E-state index is 11.4. The first-order valence-corrected chi connectivity index (χ1v) is 16.2. The van der Waals surface area contributed by atoms with E-state index in [1.54, 1.807) is 14.0 Å². The van der Waals surface area contributed by atoms with Gasteiger partial charge in [0.2, 0.25) is 5.91 Å². The Morgan fingerprint density at radius 2 is 1.62 bits per heavy atom. The molecule has 2 unspecified atom stereocenters. The van der Waals surface area contributed by atoms with E-state index in [0.717, 1.165) is 45.2 Å². The molecule has 0 radical (unpaired) electrons. The summed E-state index contributed by atoms with van der Waals surface area (Å²) in [5.74, 6) is 2.33. The van der Waals surface area contributed by atoms with E-state index in [0.29, 0.717) is 5.92 Å². The standard InChI is InChI=1S/C15H29N3O.C11H18.C5H13N.C3H8O.CH4O/c1-3-17-11-15(12-17)10-16-9-14-5-4-7-18(8-6-14)13(2)19;1-6-9(3)8-11(5)10(4)7-2;1-4-5-6(2)3;1-3-4-2;1-2/h14-16H,3-12H2,1-2H3;6-9H,1H2,2-5H3;4-5H2,1-3H3;3H2,1-2H3;2H,1H3/b;10-7-,11-8?;;;. The molecule has 2 aliphatic heterocycles. The van der Waals surface area contributed by atoms with Crippen molar-refractivity contribution in [2.45, 2.75) is 81.1 Å². The van der Waals surface area contributed by atoms with Crippen LogP contribution in [0.2, 0.25) is 0 Å². The highest BCUT2D eigenvalue weighted by Crippen LogP contribution is 2.18. The average molecular weight is 597 g/mol. The molecule has 42 heavy (non-hydrogen) atoms. The van der Waals surface area contributed by atoms with Crippen LogP contribution < -0.4 is 5.32 Å². The molecule has 2 atom stereocenters. The van der Waals surface area contributed by atoms with Crippen LogP contribution in [-0.4, -0.2) is 113 Å². The summed E-state index contributed by atoms with van der Waals surface area (Å²) in [5, 5.41) is 10.6. The van der Waals surface area contributed by atoms with Crippen molar-refractivity contribution in [1.29, 1.82) is 0 Å². The number of aliphatic hydroxyl groups is 1. The highest BCUT2D eigenvalue weighted by Gasteiger charge is 2.25. The van der Waals surface area contributed by atoms with Crippen LogP contribution in [0, 0.1) is 17.8 Å². The van der Waals surface area contributed by atoms with Gasteiger partial charge in [-0.25, -0.2) is 0 Å². The van der Waals surface area contributed by atoms with Crippen molar-refractivity contribution in [3.63, 3.8) is 0 Å². The Bertz CT molecular complexity index is 686. The summed E-state index contributed by atoms with van der Waals surface area (Å²) >= 11 is 0. The number of allylic oxidation sites excluding steroid dienone is 5. The number of likely N-dealkylation sites (tertiary alicyclic amines) is 2. The summed E-state index contributed by atoms with van der Waals surface area (Å²) in [6.07, 6.45) is 11.2. The van der Waals surface area contributed by atoms with E-state index in [1.807, 2.05) is 17.9 Å². The lowest BCUT2D eigenvalue weighted by atomic mass is 9.98. The number of hydrogen-bond acceptors (Lipinski definition) is 6. The summed E-state index contributed by atoms with van der Waals surface area (Å²) in [5.41, 5.74) is 2.69. The zero-order chi connectivity index (χ0) is 32.9. The summed E-state index contributed by atoms with van der Waals surface area (Å²) in [6.45, 7) is 30.2. The van der Waals surface area contributed by atoms with E-state index in [2.05, 4.69) is 94.2 Å². The second kappa shape index (κ2) is 30.9. The van der Waals surface area contributed by atoms with Gasteiger partial charge >= 0.3 is 0 Å². The number of carbonyl (C=O) groups excluding carboxylic acids is 1.